The molecule has 0 radical (unpaired) electrons. The number of methoxy groups -OCH3 is 1. The minimum Gasteiger partial charge on any atom is -0.497 e. The Morgan fingerprint density at radius 2 is 1.79 bits per heavy atom. The number of nitrogens with one attached hydrogen (secondary N) is 3. The highest BCUT2D eigenvalue weighted by Gasteiger charge is 2.62. The highest BCUT2D eigenvalue weighted by Crippen LogP contribution is 2.47. The average Bonchev–Trinajstić information content (AvgIpc) is 3.84. The van der Waals surface area contributed by atoms with Crippen LogP contribution in [0.3, 0.4) is 0 Å². The lowest BCUT2D eigenvalue weighted by Gasteiger charge is -2.33. The predicted octanol–water partition coefficient (Wildman–Crippen LogP) is 4.43. The van der Waals surface area contributed by atoms with Crippen LogP contribution in [0.5, 0.6) is 11.6 Å². The maximum atomic E-state index is 14.6. The maximum absolute atomic E-state index is 14.6. The third kappa shape index (κ3) is 8.77. The van der Waals surface area contributed by atoms with Gasteiger partial charge in [-0.05, 0) is 94.4 Å². The van der Waals surface area contributed by atoms with E-state index in [1.54, 1.807) is 38.1 Å². The maximum Gasteiger partial charge on any atom is 0.427 e. The smallest absolute Gasteiger partial charge is 0.427 e. The van der Waals surface area contributed by atoms with E-state index >= 15 is 0 Å². The molecule has 1 aromatic carbocycles. The number of alkyl halides is 3. The number of hydrogen-bond donors (Lipinski definition) is 3. The number of hydrogen-bond acceptors (Lipinski definition) is 11. The summed E-state index contributed by atoms with van der Waals surface area (Å²) in [4.78, 5) is 61.1. The Balaban J connectivity index is 1.28. The number of carbonyl (C=O) groups excluding carboxylic acids is 4. The molecule has 19 heteroatoms. The highest BCUT2D eigenvalue weighted by molar-refractivity contribution is 7.85. The monoisotopic (exact) mass is 811 g/mol. The standard InChI is InChI=1S/C37H48F3N5O10S/c1-6-23-19-36(23,32(48)44-56(50,51)55-35(4)14-15-35)43-29(46)27-18-25(53-30-26-12-11-24(52-5)17-22(26)13-16-41-30)20-45(27)31(47)28(21-9-7-8-10-21)42-33(49)54-34(2,3)37(38,39)40/h11-13,16-17,21,23,25,27-28H,6-10,14-15,18-20H2,1-5H3,(H,42,49)(H,43,46)(H,44,48)/t23-,25-,27+,28+,36-/m1/s1. The van der Waals surface area contributed by atoms with Gasteiger partial charge in [0.15, 0.2) is 0 Å². The Kier molecular flexibility index (Phi) is 11.2. The normalized spacial score (nSPS) is 25.3. The molecule has 1 aromatic heterocycles. The predicted molar refractivity (Wildman–Crippen MR) is 193 cm³/mol. The number of alkyl carbamates (subject to hydrolysis) is 1. The molecule has 56 heavy (non-hydrogen) atoms. The van der Waals surface area contributed by atoms with Crippen LogP contribution in [0, 0.1) is 11.8 Å². The summed E-state index contributed by atoms with van der Waals surface area (Å²) in [6.07, 6.45) is -1.92. The first-order valence-corrected chi connectivity index (χ1v) is 20.2. The molecule has 1 saturated heterocycles. The molecule has 3 N–H and O–H groups in total. The summed E-state index contributed by atoms with van der Waals surface area (Å²) in [6, 6.07) is 4.32. The van der Waals surface area contributed by atoms with Crippen LogP contribution in [0.4, 0.5) is 18.0 Å². The molecule has 3 aliphatic carbocycles. The number of rotatable bonds is 14. The lowest BCUT2D eigenvalue weighted by Crippen LogP contribution is -2.59. The zero-order valence-electron chi connectivity index (χ0n) is 31.9. The van der Waals surface area contributed by atoms with Crippen LogP contribution in [-0.2, 0) is 33.6 Å². The number of fused-ring (bicyclic) bond motifs is 1. The summed E-state index contributed by atoms with van der Waals surface area (Å²) in [5, 5.41) is 6.46. The second-order valence-electron chi connectivity index (χ2n) is 15.9. The number of carbonyl (C=O) groups is 4. The molecule has 2 heterocycles. The molecule has 0 unspecified atom stereocenters. The van der Waals surface area contributed by atoms with Gasteiger partial charge < -0.3 is 29.7 Å². The second-order valence-corrected chi connectivity index (χ2v) is 17.2. The minimum absolute atomic E-state index is 0.108. The van der Waals surface area contributed by atoms with Crippen LogP contribution in [0.1, 0.15) is 85.5 Å². The average molecular weight is 812 g/mol. The Bertz CT molecular complexity index is 1970. The van der Waals surface area contributed by atoms with Crippen molar-refractivity contribution in [1.82, 2.24) is 25.2 Å². The van der Waals surface area contributed by atoms with E-state index in [2.05, 4.69) is 15.6 Å². The summed E-state index contributed by atoms with van der Waals surface area (Å²) in [6.45, 7) is 4.56. The van der Waals surface area contributed by atoms with E-state index in [1.165, 1.54) is 18.2 Å². The van der Waals surface area contributed by atoms with Crippen LogP contribution in [0.15, 0.2) is 30.5 Å². The lowest BCUT2D eigenvalue weighted by atomic mass is 9.96. The van der Waals surface area contributed by atoms with Gasteiger partial charge in [-0.25, -0.2) is 18.7 Å². The van der Waals surface area contributed by atoms with Gasteiger partial charge in [0.05, 0.1) is 19.3 Å². The van der Waals surface area contributed by atoms with E-state index in [-0.39, 0.29) is 25.3 Å². The van der Waals surface area contributed by atoms with Gasteiger partial charge in [0, 0.05) is 18.0 Å². The van der Waals surface area contributed by atoms with Crippen molar-refractivity contribution in [3.63, 3.8) is 0 Å². The van der Waals surface area contributed by atoms with Crippen LogP contribution in [0.25, 0.3) is 10.8 Å². The van der Waals surface area contributed by atoms with Crippen molar-refractivity contribution in [3.8, 4) is 11.6 Å². The molecule has 1 aliphatic heterocycles. The van der Waals surface area contributed by atoms with Crippen molar-refractivity contribution in [1.29, 1.82) is 0 Å². The van der Waals surface area contributed by atoms with E-state index in [4.69, 9.17) is 18.4 Å². The quantitative estimate of drug-likeness (QED) is 0.245. The number of pyridine rings is 1. The molecule has 2 aromatic rings. The second kappa shape index (κ2) is 15.2. The molecule has 4 amide bonds. The largest absolute Gasteiger partial charge is 0.497 e. The summed E-state index contributed by atoms with van der Waals surface area (Å²) in [5.74, 6) is -2.65. The van der Waals surface area contributed by atoms with E-state index in [0.717, 1.165) is 5.39 Å². The van der Waals surface area contributed by atoms with Crippen molar-refractivity contribution in [2.75, 3.05) is 13.7 Å². The molecular weight excluding hydrogens is 763 g/mol. The number of ether oxygens (including phenoxy) is 3. The van der Waals surface area contributed by atoms with E-state index < -0.39 is 87.1 Å². The van der Waals surface area contributed by atoms with Crippen LogP contribution >= 0.6 is 0 Å². The Hall–Kier alpha value is -4.39. The number of halogens is 3. The SMILES string of the molecule is CC[C@@H]1C[C@]1(NC(=O)[C@@H]1C[C@@H](Oc2nccc3cc(OC)ccc23)CN1C(=O)[C@@H](NC(=O)OC(C)(C)C(F)(F)F)C1CCCC1)C(=O)NS(=O)(=O)OC1(C)CC1. The molecular formula is C37H48F3N5O10S. The van der Waals surface area contributed by atoms with Crippen LogP contribution in [-0.4, -0.2) is 96.9 Å². The lowest BCUT2D eigenvalue weighted by molar-refractivity contribution is -0.244. The fourth-order valence-corrected chi connectivity index (χ4v) is 8.69. The fourth-order valence-electron chi connectivity index (χ4n) is 7.54. The molecule has 0 bridgehead atoms. The number of nitrogens with zero attached hydrogens (tertiary/aromatic N) is 2. The van der Waals surface area contributed by atoms with Gasteiger partial charge >= 0.3 is 22.6 Å². The third-order valence-corrected chi connectivity index (χ3v) is 12.4. The Morgan fingerprint density at radius 1 is 1.09 bits per heavy atom. The van der Waals surface area contributed by atoms with Crippen molar-refractivity contribution < 1.29 is 59.2 Å². The van der Waals surface area contributed by atoms with Gasteiger partial charge in [-0.15, -0.1) is 0 Å². The van der Waals surface area contributed by atoms with Crippen molar-refractivity contribution in [3.05, 3.63) is 30.5 Å². The Morgan fingerprint density at radius 3 is 2.39 bits per heavy atom. The number of likely N-dealkylation sites (tertiary alicyclic amines) is 1. The Labute approximate surface area is 323 Å². The zero-order chi connectivity index (χ0) is 40.8. The van der Waals surface area contributed by atoms with Gasteiger partial charge in [-0.3, -0.25) is 14.4 Å². The zero-order valence-corrected chi connectivity index (χ0v) is 32.7. The highest BCUT2D eigenvalue weighted by atomic mass is 32.2. The van der Waals surface area contributed by atoms with Gasteiger partial charge in [-0.1, -0.05) is 26.2 Å². The van der Waals surface area contributed by atoms with Gasteiger partial charge in [0.25, 0.3) is 5.91 Å². The molecule has 15 nitrogen and oxygen atoms in total. The van der Waals surface area contributed by atoms with Crippen molar-refractivity contribution in [2.24, 2.45) is 11.8 Å². The van der Waals surface area contributed by atoms with E-state index in [9.17, 15) is 40.8 Å². The van der Waals surface area contributed by atoms with Crippen LogP contribution < -0.4 is 24.8 Å². The third-order valence-electron chi connectivity index (χ3n) is 11.3. The van der Waals surface area contributed by atoms with Crippen LogP contribution in [0.2, 0.25) is 0 Å². The first-order chi connectivity index (χ1) is 26.2. The first kappa shape index (κ1) is 41.2. The molecule has 3 saturated carbocycles. The van der Waals surface area contributed by atoms with Gasteiger partial charge in [0.1, 0.15) is 29.5 Å². The molecule has 308 valence electrons. The molecule has 4 fully saturated rings. The number of aromatic nitrogens is 1. The number of benzene rings is 1. The molecule has 6 rings (SSSR count). The summed E-state index contributed by atoms with van der Waals surface area (Å²) < 4.78 is 90.0. The molecule has 4 aliphatic rings. The van der Waals surface area contributed by atoms with E-state index in [1.807, 2.05) is 4.72 Å². The molecule has 5 atom stereocenters. The first-order valence-electron chi connectivity index (χ1n) is 18.8. The summed E-state index contributed by atoms with van der Waals surface area (Å²) in [5.41, 5.74) is -5.42. The van der Waals surface area contributed by atoms with Crippen molar-refractivity contribution >= 4 is 44.9 Å². The fraction of sp³-hybridized carbons (Fsp3) is 0.649. The van der Waals surface area contributed by atoms with Gasteiger partial charge in [0.2, 0.25) is 23.3 Å². The molecule has 0 spiro atoms. The van der Waals surface area contributed by atoms with Crippen molar-refractivity contribution in [2.45, 2.75) is 127 Å². The minimum atomic E-state index is -4.90. The summed E-state index contributed by atoms with van der Waals surface area (Å²) >= 11 is 0. The van der Waals surface area contributed by atoms with Gasteiger partial charge in [-0.2, -0.15) is 21.6 Å². The topological polar surface area (TPSA) is 192 Å². The number of amides is 4. The van der Waals surface area contributed by atoms with E-state index in [0.29, 0.717) is 69.9 Å². The summed E-state index contributed by atoms with van der Waals surface area (Å²) in [7, 11) is -3.00.